The Morgan fingerprint density at radius 1 is 0.971 bits per heavy atom. The maximum absolute atomic E-state index is 12.6. The standard InChI is InChI=1S/C23H29N5O5S/c1-17-8-10-20(11-9-17)34(32,33)27(2)16-21(29)25-26-22(30)18-12-14-28(15-13-18)23(31)24-19-6-4-3-5-7-19/h3-11,18H,12-16H2,1-2H3,(H,24,31)(H,25,29)(H,26,30). The van der Waals surface area contributed by atoms with Gasteiger partial charge in [0.15, 0.2) is 0 Å². The summed E-state index contributed by atoms with van der Waals surface area (Å²) in [6.45, 7) is 2.21. The maximum Gasteiger partial charge on any atom is 0.321 e. The molecular weight excluding hydrogens is 458 g/mol. The van der Waals surface area contributed by atoms with Gasteiger partial charge in [0.25, 0.3) is 5.91 Å². The molecule has 3 N–H and O–H groups in total. The molecule has 0 spiro atoms. The summed E-state index contributed by atoms with van der Waals surface area (Å²) < 4.78 is 26.1. The fourth-order valence-electron chi connectivity index (χ4n) is 3.52. The first-order valence-corrected chi connectivity index (χ1v) is 12.3. The lowest BCUT2D eigenvalue weighted by Crippen LogP contribution is -2.50. The van der Waals surface area contributed by atoms with Gasteiger partial charge in [0.05, 0.1) is 11.4 Å². The van der Waals surface area contributed by atoms with E-state index in [1.165, 1.54) is 19.2 Å². The van der Waals surface area contributed by atoms with Crippen LogP contribution in [0.3, 0.4) is 0 Å². The molecule has 2 aromatic carbocycles. The quantitative estimate of drug-likeness (QED) is 0.535. The van der Waals surface area contributed by atoms with Gasteiger partial charge in [0, 0.05) is 31.7 Å². The number of likely N-dealkylation sites (tertiary alicyclic amines) is 1. The first-order chi connectivity index (χ1) is 16.2. The molecule has 10 nitrogen and oxygen atoms in total. The van der Waals surface area contributed by atoms with Gasteiger partial charge < -0.3 is 10.2 Å². The zero-order chi connectivity index (χ0) is 24.7. The van der Waals surface area contributed by atoms with E-state index in [0.29, 0.717) is 31.6 Å². The zero-order valence-electron chi connectivity index (χ0n) is 19.2. The first-order valence-electron chi connectivity index (χ1n) is 10.9. The Morgan fingerprint density at radius 2 is 1.59 bits per heavy atom. The molecule has 1 saturated heterocycles. The highest BCUT2D eigenvalue weighted by molar-refractivity contribution is 7.89. The first kappa shape index (κ1) is 25.2. The number of rotatable bonds is 6. The highest BCUT2D eigenvalue weighted by Gasteiger charge is 2.28. The number of likely N-dealkylation sites (N-methyl/N-ethyl adjacent to an activating group) is 1. The van der Waals surface area contributed by atoms with E-state index in [-0.39, 0.29) is 22.8 Å². The van der Waals surface area contributed by atoms with Crippen LogP contribution in [0.2, 0.25) is 0 Å². The van der Waals surface area contributed by atoms with Crippen LogP contribution < -0.4 is 16.2 Å². The van der Waals surface area contributed by atoms with Crippen molar-refractivity contribution in [3.05, 3.63) is 60.2 Å². The number of carbonyl (C=O) groups excluding carboxylic acids is 3. The predicted octanol–water partition coefficient (Wildman–Crippen LogP) is 1.71. The summed E-state index contributed by atoms with van der Waals surface area (Å²) in [4.78, 5) is 38.7. The number of piperidine rings is 1. The molecule has 1 heterocycles. The second-order valence-electron chi connectivity index (χ2n) is 8.17. The number of nitrogens with zero attached hydrogens (tertiary/aromatic N) is 2. The van der Waals surface area contributed by atoms with Gasteiger partial charge in [-0.05, 0) is 44.0 Å². The lowest BCUT2D eigenvalue weighted by atomic mass is 9.96. The summed E-state index contributed by atoms with van der Waals surface area (Å²) >= 11 is 0. The molecule has 2 aromatic rings. The molecule has 1 aliphatic rings. The van der Waals surface area contributed by atoms with Gasteiger partial charge in [0.2, 0.25) is 15.9 Å². The Hall–Kier alpha value is -3.44. The van der Waals surface area contributed by atoms with Gasteiger partial charge in [0.1, 0.15) is 0 Å². The number of urea groups is 1. The SMILES string of the molecule is Cc1ccc(S(=O)(=O)N(C)CC(=O)NNC(=O)C2CCN(C(=O)Nc3ccccc3)CC2)cc1. The minimum Gasteiger partial charge on any atom is -0.324 e. The van der Waals surface area contributed by atoms with Crippen LogP contribution in [0.4, 0.5) is 10.5 Å². The second-order valence-corrected chi connectivity index (χ2v) is 10.2. The molecule has 0 unspecified atom stereocenters. The molecule has 0 atom stereocenters. The number of hydrogen-bond donors (Lipinski definition) is 3. The normalized spacial score (nSPS) is 14.5. The van der Waals surface area contributed by atoms with E-state index in [0.717, 1.165) is 9.87 Å². The summed E-state index contributed by atoms with van der Waals surface area (Å²) in [5.41, 5.74) is 6.25. The van der Waals surface area contributed by atoms with E-state index in [1.807, 2.05) is 25.1 Å². The average molecular weight is 488 g/mol. The summed E-state index contributed by atoms with van der Waals surface area (Å²) in [7, 11) is -2.53. The van der Waals surface area contributed by atoms with E-state index >= 15 is 0 Å². The van der Waals surface area contributed by atoms with Gasteiger partial charge in [-0.1, -0.05) is 35.9 Å². The number of aryl methyl sites for hydroxylation is 1. The van der Waals surface area contributed by atoms with Crippen LogP contribution in [-0.2, 0) is 19.6 Å². The molecule has 0 radical (unpaired) electrons. The lowest BCUT2D eigenvalue weighted by molar-refractivity contribution is -0.132. The van der Waals surface area contributed by atoms with Crippen molar-refractivity contribution in [1.29, 1.82) is 0 Å². The molecular formula is C23H29N5O5S. The Labute approximate surface area is 199 Å². The van der Waals surface area contributed by atoms with E-state index in [4.69, 9.17) is 0 Å². The van der Waals surface area contributed by atoms with Crippen LogP contribution in [0.5, 0.6) is 0 Å². The third kappa shape index (κ3) is 6.55. The number of hydrogen-bond acceptors (Lipinski definition) is 5. The minimum absolute atomic E-state index is 0.0838. The van der Waals surface area contributed by atoms with Crippen molar-refractivity contribution in [2.45, 2.75) is 24.7 Å². The van der Waals surface area contributed by atoms with Crippen LogP contribution in [0, 0.1) is 12.8 Å². The minimum atomic E-state index is -3.83. The number of benzene rings is 2. The van der Waals surface area contributed by atoms with Crippen molar-refractivity contribution in [3.8, 4) is 0 Å². The van der Waals surface area contributed by atoms with Crippen molar-refractivity contribution in [2.75, 3.05) is 32.0 Å². The summed E-state index contributed by atoms with van der Waals surface area (Å²) in [5.74, 6) is -1.40. The molecule has 0 saturated carbocycles. The maximum atomic E-state index is 12.6. The summed E-state index contributed by atoms with van der Waals surface area (Å²) in [6, 6.07) is 15.2. The van der Waals surface area contributed by atoms with Crippen molar-refractivity contribution in [2.24, 2.45) is 5.92 Å². The molecule has 182 valence electrons. The number of nitrogens with one attached hydrogen (secondary N) is 3. The third-order valence-electron chi connectivity index (χ3n) is 5.60. The number of hydrazine groups is 1. The molecule has 4 amide bonds. The van der Waals surface area contributed by atoms with Gasteiger partial charge in [-0.2, -0.15) is 4.31 Å². The van der Waals surface area contributed by atoms with Crippen molar-refractivity contribution < 1.29 is 22.8 Å². The van der Waals surface area contributed by atoms with Crippen LogP contribution in [0.15, 0.2) is 59.5 Å². The van der Waals surface area contributed by atoms with Crippen molar-refractivity contribution in [1.82, 2.24) is 20.1 Å². The van der Waals surface area contributed by atoms with E-state index in [2.05, 4.69) is 16.2 Å². The predicted molar refractivity (Wildman–Crippen MR) is 127 cm³/mol. The molecule has 0 aromatic heterocycles. The van der Waals surface area contributed by atoms with E-state index in [9.17, 15) is 22.8 Å². The fraction of sp³-hybridized carbons (Fsp3) is 0.348. The van der Waals surface area contributed by atoms with Crippen LogP contribution >= 0.6 is 0 Å². The molecule has 0 aliphatic carbocycles. The fourth-order valence-corrected chi connectivity index (χ4v) is 4.65. The Morgan fingerprint density at radius 3 is 2.21 bits per heavy atom. The van der Waals surface area contributed by atoms with Crippen LogP contribution in [0.1, 0.15) is 18.4 Å². The highest BCUT2D eigenvalue weighted by atomic mass is 32.2. The van der Waals surface area contributed by atoms with Crippen molar-refractivity contribution >= 4 is 33.6 Å². The van der Waals surface area contributed by atoms with Gasteiger partial charge in [-0.25, -0.2) is 13.2 Å². The van der Waals surface area contributed by atoms with Gasteiger partial charge >= 0.3 is 6.03 Å². The Balaban J connectivity index is 1.42. The Bertz CT molecular complexity index is 1110. The third-order valence-corrected chi connectivity index (χ3v) is 7.42. The number of sulfonamides is 1. The van der Waals surface area contributed by atoms with Crippen molar-refractivity contribution in [3.63, 3.8) is 0 Å². The molecule has 11 heteroatoms. The van der Waals surface area contributed by atoms with Gasteiger partial charge in [-0.3, -0.25) is 20.4 Å². The van der Waals surface area contributed by atoms with Crippen LogP contribution in [-0.4, -0.2) is 62.2 Å². The molecule has 0 bridgehead atoms. The molecule has 1 aliphatic heterocycles. The van der Waals surface area contributed by atoms with E-state index < -0.39 is 22.5 Å². The average Bonchev–Trinajstić information content (AvgIpc) is 2.83. The monoisotopic (exact) mass is 487 g/mol. The second kappa shape index (κ2) is 11.1. The number of carbonyl (C=O) groups is 3. The van der Waals surface area contributed by atoms with Crippen LogP contribution in [0.25, 0.3) is 0 Å². The molecule has 1 fully saturated rings. The lowest BCUT2D eigenvalue weighted by Gasteiger charge is -2.31. The largest absolute Gasteiger partial charge is 0.324 e. The number of amides is 4. The topological polar surface area (TPSA) is 128 Å². The van der Waals surface area contributed by atoms with Gasteiger partial charge in [-0.15, -0.1) is 0 Å². The number of para-hydroxylation sites is 1. The smallest absolute Gasteiger partial charge is 0.321 e. The Kier molecular flexibility index (Phi) is 8.24. The molecule has 3 rings (SSSR count). The highest BCUT2D eigenvalue weighted by Crippen LogP contribution is 2.18. The number of anilines is 1. The summed E-state index contributed by atoms with van der Waals surface area (Å²) in [6.07, 6.45) is 0.900. The van der Waals surface area contributed by atoms with E-state index in [1.54, 1.807) is 29.2 Å². The zero-order valence-corrected chi connectivity index (χ0v) is 20.0. The molecule has 34 heavy (non-hydrogen) atoms. The summed E-state index contributed by atoms with van der Waals surface area (Å²) in [5, 5.41) is 2.82.